The molecule has 0 saturated heterocycles. The minimum atomic E-state index is -0.213. The number of hydrogen-bond acceptors (Lipinski definition) is 4. The number of hydrogen-bond donors (Lipinski definition) is 2. The van der Waals surface area contributed by atoms with Gasteiger partial charge in [-0.1, -0.05) is 0 Å². The fourth-order valence-corrected chi connectivity index (χ4v) is 1.70. The third-order valence-corrected chi connectivity index (χ3v) is 2.59. The van der Waals surface area contributed by atoms with Crippen LogP contribution < -0.4 is 5.32 Å². The molecule has 2 heterocycles. The Kier molecular flexibility index (Phi) is 3.11. The molecule has 5 nitrogen and oxygen atoms in total. The van der Waals surface area contributed by atoms with E-state index in [9.17, 15) is 4.79 Å². The van der Waals surface area contributed by atoms with E-state index in [0.29, 0.717) is 5.82 Å². The summed E-state index contributed by atoms with van der Waals surface area (Å²) in [5.74, 6) is 0.360. The lowest BCUT2D eigenvalue weighted by Gasteiger charge is -1.95. The smallest absolute Gasteiger partial charge is 0.249 e. The summed E-state index contributed by atoms with van der Waals surface area (Å²) in [4.78, 5) is 15.6. The topological polar surface area (TPSA) is 70.7 Å². The van der Waals surface area contributed by atoms with Crippen molar-refractivity contribution in [2.45, 2.75) is 6.92 Å². The standard InChI is InChI=1S/C10H10N4OS/c1-7-12-8(6-16-7)2-3-10(15)13-9-4-5-11-14-9/h2-6H,1H3,(H2,11,13,14,15). The molecule has 0 aliphatic rings. The van der Waals surface area contributed by atoms with Crippen LogP contribution in [0.1, 0.15) is 10.7 Å². The summed E-state index contributed by atoms with van der Waals surface area (Å²) in [6.45, 7) is 1.92. The molecule has 1 amide bonds. The molecule has 0 aliphatic heterocycles. The van der Waals surface area contributed by atoms with Crippen LogP contribution in [0.3, 0.4) is 0 Å². The Labute approximate surface area is 96.2 Å². The van der Waals surface area contributed by atoms with Gasteiger partial charge in [0.2, 0.25) is 5.91 Å². The molecular formula is C10H10N4OS. The Hall–Kier alpha value is -1.95. The summed E-state index contributed by atoms with van der Waals surface area (Å²) >= 11 is 1.55. The summed E-state index contributed by atoms with van der Waals surface area (Å²) in [7, 11) is 0. The zero-order valence-corrected chi connectivity index (χ0v) is 9.41. The van der Waals surface area contributed by atoms with Gasteiger partial charge in [0.1, 0.15) is 5.82 Å². The van der Waals surface area contributed by atoms with Crippen molar-refractivity contribution in [1.29, 1.82) is 0 Å². The first kappa shape index (κ1) is 10.6. The lowest BCUT2D eigenvalue weighted by atomic mass is 10.4. The van der Waals surface area contributed by atoms with Gasteiger partial charge in [0, 0.05) is 17.5 Å². The van der Waals surface area contributed by atoms with Gasteiger partial charge in [0.15, 0.2) is 0 Å². The van der Waals surface area contributed by atoms with Crippen molar-refractivity contribution in [1.82, 2.24) is 15.2 Å². The van der Waals surface area contributed by atoms with Crippen LogP contribution in [0.2, 0.25) is 0 Å². The van der Waals surface area contributed by atoms with Crippen molar-refractivity contribution in [3.05, 3.63) is 34.4 Å². The molecule has 0 bridgehead atoms. The number of carbonyl (C=O) groups is 1. The van der Waals surface area contributed by atoms with Crippen LogP contribution >= 0.6 is 11.3 Å². The van der Waals surface area contributed by atoms with E-state index in [4.69, 9.17) is 0 Å². The maximum atomic E-state index is 11.4. The number of nitrogens with one attached hydrogen (secondary N) is 2. The average Bonchev–Trinajstić information content (AvgIpc) is 2.87. The normalized spacial score (nSPS) is 10.8. The summed E-state index contributed by atoms with van der Waals surface area (Å²) in [6.07, 6.45) is 4.69. The average molecular weight is 234 g/mol. The van der Waals surface area contributed by atoms with Crippen molar-refractivity contribution in [3.8, 4) is 0 Å². The van der Waals surface area contributed by atoms with Crippen molar-refractivity contribution in [2.24, 2.45) is 0 Å². The van der Waals surface area contributed by atoms with Gasteiger partial charge in [0.25, 0.3) is 0 Å². The minimum absolute atomic E-state index is 0.213. The Balaban J connectivity index is 1.94. The first-order chi connectivity index (χ1) is 7.74. The van der Waals surface area contributed by atoms with Gasteiger partial charge >= 0.3 is 0 Å². The first-order valence-electron chi connectivity index (χ1n) is 4.64. The van der Waals surface area contributed by atoms with Gasteiger partial charge in [0.05, 0.1) is 16.9 Å². The van der Waals surface area contributed by atoms with Crippen LogP contribution in [0, 0.1) is 6.92 Å². The fourth-order valence-electron chi connectivity index (χ4n) is 1.12. The number of nitrogens with zero attached hydrogens (tertiary/aromatic N) is 2. The van der Waals surface area contributed by atoms with Crippen LogP contribution in [0.5, 0.6) is 0 Å². The summed E-state index contributed by atoms with van der Waals surface area (Å²) in [6, 6.07) is 1.68. The zero-order valence-electron chi connectivity index (χ0n) is 8.60. The van der Waals surface area contributed by atoms with Crippen molar-refractivity contribution in [2.75, 3.05) is 5.32 Å². The van der Waals surface area contributed by atoms with Gasteiger partial charge in [-0.3, -0.25) is 9.89 Å². The highest BCUT2D eigenvalue weighted by Crippen LogP contribution is 2.09. The first-order valence-corrected chi connectivity index (χ1v) is 5.52. The predicted octanol–water partition coefficient (Wildman–Crippen LogP) is 1.83. The number of H-pyrrole nitrogens is 1. The Morgan fingerprint density at radius 3 is 3.12 bits per heavy atom. The Morgan fingerprint density at radius 1 is 1.62 bits per heavy atom. The van der Waals surface area contributed by atoms with Crippen molar-refractivity contribution in [3.63, 3.8) is 0 Å². The number of amides is 1. The molecule has 0 radical (unpaired) electrons. The van der Waals surface area contributed by atoms with Crippen LogP contribution in [0.25, 0.3) is 6.08 Å². The number of thiazole rings is 1. The van der Waals surface area contributed by atoms with Crippen molar-refractivity contribution >= 4 is 29.1 Å². The van der Waals surface area contributed by atoms with E-state index in [1.165, 1.54) is 6.08 Å². The monoisotopic (exact) mass is 234 g/mol. The van der Waals surface area contributed by atoms with E-state index in [-0.39, 0.29) is 5.91 Å². The molecule has 6 heteroatoms. The summed E-state index contributed by atoms with van der Waals surface area (Å²) in [5.41, 5.74) is 0.794. The molecule has 0 atom stereocenters. The minimum Gasteiger partial charge on any atom is -0.307 e. The molecule has 82 valence electrons. The molecule has 2 aromatic rings. The molecule has 0 fully saturated rings. The van der Waals surface area contributed by atoms with E-state index in [2.05, 4.69) is 20.5 Å². The van der Waals surface area contributed by atoms with Gasteiger partial charge in [-0.25, -0.2) is 4.98 Å². The molecule has 0 aromatic carbocycles. The molecule has 2 N–H and O–H groups in total. The van der Waals surface area contributed by atoms with Gasteiger partial charge in [-0.15, -0.1) is 11.3 Å². The maximum Gasteiger partial charge on any atom is 0.249 e. The van der Waals surface area contributed by atoms with Crippen LogP contribution in [0.15, 0.2) is 23.7 Å². The molecule has 2 aromatic heterocycles. The van der Waals surface area contributed by atoms with Crippen molar-refractivity contribution < 1.29 is 4.79 Å². The summed E-state index contributed by atoms with van der Waals surface area (Å²) in [5, 5.41) is 11.9. The highest BCUT2D eigenvalue weighted by molar-refractivity contribution is 7.09. The van der Waals surface area contributed by atoms with E-state index in [0.717, 1.165) is 10.7 Å². The second kappa shape index (κ2) is 4.71. The molecule has 0 aliphatic carbocycles. The maximum absolute atomic E-state index is 11.4. The Bertz CT molecular complexity index is 501. The number of carbonyl (C=O) groups excluding carboxylic acids is 1. The van der Waals surface area contributed by atoms with Gasteiger partial charge < -0.3 is 5.32 Å². The van der Waals surface area contributed by atoms with E-state index in [1.807, 2.05) is 12.3 Å². The quantitative estimate of drug-likeness (QED) is 0.796. The van der Waals surface area contributed by atoms with E-state index < -0.39 is 0 Å². The third kappa shape index (κ3) is 2.77. The molecule has 16 heavy (non-hydrogen) atoms. The second-order valence-corrected chi connectivity index (χ2v) is 4.15. The van der Waals surface area contributed by atoms with Gasteiger partial charge in [-0.05, 0) is 13.0 Å². The molecule has 0 saturated carbocycles. The number of aryl methyl sites for hydroxylation is 1. The molecule has 0 unspecified atom stereocenters. The number of aromatic amines is 1. The number of aromatic nitrogens is 3. The van der Waals surface area contributed by atoms with E-state index in [1.54, 1.807) is 29.7 Å². The SMILES string of the molecule is Cc1nc(C=CC(=O)Nc2ccn[nH]2)cs1. The molecule has 0 spiro atoms. The zero-order chi connectivity index (χ0) is 11.4. The van der Waals surface area contributed by atoms with Crippen LogP contribution in [-0.2, 0) is 4.79 Å². The predicted molar refractivity (Wildman–Crippen MR) is 63.1 cm³/mol. The molecular weight excluding hydrogens is 224 g/mol. The largest absolute Gasteiger partial charge is 0.307 e. The Morgan fingerprint density at radius 2 is 2.50 bits per heavy atom. The number of anilines is 1. The highest BCUT2D eigenvalue weighted by Gasteiger charge is 1.98. The van der Waals surface area contributed by atoms with Crippen LogP contribution in [-0.4, -0.2) is 21.1 Å². The lowest BCUT2D eigenvalue weighted by molar-refractivity contribution is -0.111. The van der Waals surface area contributed by atoms with Gasteiger partial charge in [-0.2, -0.15) is 5.10 Å². The highest BCUT2D eigenvalue weighted by atomic mass is 32.1. The summed E-state index contributed by atoms with van der Waals surface area (Å²) < 4.78 is 0. The lowest BCUT2D eigenvalue weighted by Crippen LogP contribution is -2.07. The third-order valence-electron chi connectivity index (χ3n) is 1.80. The van der Waals surface area contributed by atoms with E-state index >= 15 is 0 Å². The number of rotatable bonds is 3. The second-order valence-electron chi connectivity index (χ2n) is 3.08. The van der Waals surface area contributed by atoms with Crippen LogP contribution in [0.4, 0.5) is 5.82 Å². The molecule has 2 rings (SSSR count). The fraction of sp³-hybridized carbons (Fsp3) is 0.100.